The Labute approximate surface area is 90.1 Å². The van der Waals surface area contributed by atoms with E-state index in [0.29, 0.717) is 11.7 Å². The quantitative estimate of drug-likeness (QED) is 0.767. The van der Waals surface area contributed by atoms with Crippen molar-refractivity contribution in [2.24, 2.45) is 0 Å². The first-order valence-corrected chi connectivity index (χ1v) is 5.26. The van der Waals surface area contributed by atoms with Crippen molar-refractivity contribution in [1.29, 1.82) is 0 Å². The number of fused-ring (bicyclic) bond motifs is 1. The number of nitrogens with zero attached hydrogens (tertiary/aromatic N) is 1. The fraction of sp³-hybridized carbons (Fsp3) is 0.308. The van der Waals surface area contributed by atoms with E-state index in [9.17, 15) is 0 Å². The van der Waals surface area contributed by atoms with Crippen LogP contribution < -0.4 is 5.73 Å². The Balaban J connectivity index is 2.88. The van der Waals surface area contributed by atoms with Crippen LogP contribution >= 0.6 is 0 Å². The van der Waals surface area contributed by atoms with Gasteiger partial charge in [-0.2, -0.15) is 0 Å². The van der Waals surface area contributed by atoms with Crippen molar-refractivity contribution in [3.05, 3.63) is 35.5 Å². The minimum Gasteiger partial charge on any atom is -0.383 e. The predicted octanol–water partition coefficient (Wildman–Crippen LogP) is 3.25. The van der Waals surface area contributed by atoms with E-state index in [2.05, 4.69) is 31.0 Å². The van der Waals surface area contributed by atoms with Crippen molar-refractivity contribution in [2.45, 2.75) is 26.7 Å². The lowest BCUT2D eigenvalue weighted by atomic mass is 9.99. The molecule has 0 aliphatic carbocycles. The van der Waals surface area contributed by atoms with Crippen LogP contribution in [0.25, 0.3) is 10.8 Å². The Morgan fingerprint density at radius 1 is 1.13 bits per heavy atom. The lowest BCUT2D eigenvalue weighted by Crippen LogP contribution is -2.02. The fourth-order valence-electron chi connectivity index (χ4n) is 1.89. The van der Waals surface area contributed by atoms with Gasteiger partial charge in [0.05, 0.1) is 5.69 Å². The van der Waals surface area contributed by atoms with Crippen LogP contribution in [0.3, 0.4) is 0 Å². The molecule has 0 aliphatic rings. The molecule has 0 atom stereocenters. The average molecular weight is 200 g/mol. The first-order valence-electron chi connectivity index (χ1n) is 5.26. The summed E-state index contributed by atoms with van der Waals surface area (Å²) in [4.78, 5) is 4.48. The van der Waals surface area contributed by atoms with Crippen LogP contribution in [0.5, 0.6) is 0 Å². The van der Waals surface area contributed by atoms with Crippen LogP contribution in [0.1, 0.15) is 31.0 Å². The van der Waals surface area contributed by atoms with Crippen LogP contribution in [0, 0.1) is 6.92 Å². The first-order chi connectivity index (χ1) is 7.11. The van der Waals surface area contributed by atoms with E-state index in [1.807, 2.05) is 19.1 Å². The maximum absolute atomic E-state index is 5.91. The number of nitrogen functional groups attached to an aromatic ring is 1. The van der Waals surface area contributed by atoms with Crippen LogP contribution in [0.4, 0.5) is 5.82 Å². The minimum atomic E-state index is 0.401. The highest BCUT2D eigenvalue weighted by molar-refractivity contribution is 5.90. The van der Waals surface area contributed by atoms with Gasteiger partial charge in [0.25, 0.3) is 0 Å². The van der Waals surface area contributed by atoms with Crippen molar-refractivity contribution >= 4 is 16.6 Å². The average Bonchev–Trinajstić information content (AvgIpc) is 2.23. The summed E-state index contributed by atoms with van der Waals surface area (Å²) in [5.41, 5.74) is 8.08. The van der Waals surface area contributed by atoms with Crippen molar-refractivity contribution < 1.29 is 0 Å². The van der Waals surface area contributed by atoms with Gasteiger partial charge >= 0.3 is 0 Å². The summed E-state index contributed by atoms with van der Waals surface area (Å²) in [6, 6.07) is 8.31. The molecule has 0 amide bonds. The largest absolute Gasteiger partial charge is 0.383 e. The molecule has 0 saturated heterocycles. The topological polar surface area (TPSA) is 38.9 Å². The normalized spacial score (nSPS) is 11.2. The van der Waals surface area contributed by atoms with E-state index < -0.39 is 0 Å². The molecular formula is C13H16N2. The fourth-order valence-corrected chi connectivity index (χ4v) is 1.89. The summed E-state index contributed by atoms with van der Waals surface area (Å²) >= 11 is 0. The smallest absolute Gasteiger partial charge is 0.127 e. The summed E-state index contributed by atoms with van der Waals surface area (Å²) in [6.45, 7) is 6.31. The summed E-state index contributed by atoms with van der Waals surface area (Å²) in [5, 5.41) is 2.44. The zero-order valence-electron chi connectivity index (χ0n) is 9.41. The molecule has 0 saturated carbocycles. The molecule has 78 valence electrons. The Bertz CT molecular complexity index is 501. The zero-order valence-corrected chi connectivity index (χ0v) is 9.41. The maximum Gasteiger partial charge on any atom is 0.127 e. The van der Waals surface area contributed by atoms with Crippen LogP contribution in [0.15, 0.2) is 24.3 Å². The zero-order chi connectivity index (χ0) is 11.0. The lowest BCUT2D eigenvalue weighted by molar-refractivity contribution is 0.836. The molecule has 2 heteroatoms. The molecule has 0 bridgehead atoms. The summed E-state index contributed by atoms with van der Waals surface area (Å²) in [7, 11) is 0. The molecule has 0 aliphatic heterocycles. The Hall–Kier alpha value is -1.57. The molecule has 2 rings (SSSR count). The number of anilines is 1. The maximum atomic E-state index is 5.91. The van der Waals surface area contributed by atoms with E-state index in [0.717, 1.165) is 11.3 Å². The third-order valence-corrected chi connectivity index (χ3v) is 2.78. The molecule has 1 aromatic heterocycles. The van der Waals surface area contributed by atoms with Gasteiger partial charge in [0, 0.05) is 5.39 Å². The molecule has 0 spiro atoms. The number of aryl methyl sites for hydroxylation is 1. The van der Waals surface area contributed by atoms with Gasteiger partial charge in [0.15, 0.2) is 0 Å². The Morgan fingerprint density at radius 2 is 1.73 bits per heavy atom. The van der Waals surface area contributed by atoms with Crippen molar-refractivity contribution in [3.8, 4) is 0 Å². The van der Waals surface area contributed by atoms with E-state index in [1.165, 1.54) is 10.8 Å². The molecule has 0 radical (unpaired) electrons. The third-order valence-electron chi connectivity index (χ3n) is 2.78. The number of benzene rings is 1. The molecule has 2 N–H and O–H groups in total. The summed E-state index contributed by atoms with van der Waals surface area (Å²) in [6.07, 6.45) is 0. The number of hydrogen-bond donors (Lipinski definition) is 1. The minimum absolute atomic E-state index is 0.401. The van der Waals surface area contributed by atoms with Crippen LogP contribution in [0.2, 0.25) is 0 Å². The number of hydrogen-bond acceptors (Lipinski definition) is 2. The third kappa shape index (κ3) is 1.56. The second-order valence-electron chi connectivity index (χ2n) is 4.21. The Morgan fingerprint density at radius 3 is 2.33 bits per heavy atom. The predicted molar refractivity (Wildman–Crippen MR) is 65.0 cm³/mol. The molecule has 1 aromatic carbocycles. The van der Waals surface area contributed by atoms with Gasteiger partial charge in [-0.1, -0.05) is 38.1 Å². The van der Waals surface area contributed by atoms with Gasteiger partial charge in [-0.3, -0.25) is 0 Å². The number of nitrogens with two attached hydrogens (primary N) is 1. The van der Waals surface area contributed by atoms with Crippen molar-refractivity contribution in [2.75, 3.05) is 5.73 Å². The van der Waals surface area contributed by atoms with E-state index in [-0.39, 0.29) is 0 Å². The summed E-state index contributed by atoms with van der Waals surface area (Å²) < 4.78 is 0. The molecule has 15 heavy (non-hydrogen) atoms. The molecule has 0 fully saturated rings. The van der Waals surface area contributed by atoms with Crippen molar-refractivity contribution in [3.63, 3.8) is 0 Å². The molecule has 0 unspecified atom stereocenters. The van der Waals surface area contributed by atoms with Gasteiger partial charge in [-0.15, -0.1) is 0 Å². The highest BCUT2D eigenvalue weighted by Gasteiger charge is 2.10. The van der Waals surface area contributed by atoms with Gasteiger partial charge < -0.3 is 5.73 Å². The van der Waals surface area contributed by atoms with E-state index >= 15 is 0 Å². The Kier molecular flexibility index (Phi) is 2.35. The van der Waals surface area contributed by atoms with E-state index in [1.54, 1.807) is 0 Å². The van der Waals surface area contributed by atoms with Crippen LogP contribution in [-0.4, -0.2) is 4.98 Å². The number of pyridine rings is 1. The molecular weight excluding hydrogens is 184 g/mol. The standard InChI is InChI=1S/C13H16N2/c1-8(2)12-11-7-5-4-6-10(11)9(3)13(14)15-12/h4-8H,1-3H3,(H2,14,15). The highest BCUT2D eigenvalue weighted by atomic mass is 14.8. The molecule has 2 aromatic rings. The summed E-state index contributed by atoms with van der Waals surface area (Å²) in [5.74, 6) is 1.05. The molecule has 1 heterocycles. The van der Waals surface area contributed by atoms with E-state index in [4.69, 9.17) is 5.73 Å². The SMILES string of the molecule is Cc1c(N)nc(C(C)C)c2ccccc12. The van der Waals surface area contributed by atoms with Gasteiger partial charge in [-0.25, -0.2) is 4.98 Å². The van der Waals surface area contributed by atoms with Gasteiger partial charge in [0.2, 0.25) is 0 Å². The second-order valence-corrected chi connectivity index (χ2v) is 4.21. The number of aromatic nitrogens is 1. The molecule has 2 nitrogen and oxygen atoms in total. The number of rotatable bonds is 1. The van der Waals surface area contributed by atoms with Crippen molar-refractivity contribution in [1.82, 2.24) is 4.98 Å². The van der Waals surface area contributed by atoms with Gasteiger partial charge in [0.1, 0.15) is 5.82 Å². The monoisotopic (exact) mass is 200 g/mol. The highest BCUT2D eigenvalue weighted by Crippen LogP contribution is 2.28. The van der Waals surface area contributed by atoms with Gasteiger partial charge in [-0.05, 0) is 23.8 Å². The second kappa shape index (κ2) is 3.54. The van der Waals surface area contributed by atoms with Crippen LogP contribution in [-0.2, 0) is 0 Å². The first kappa shape index (κ1) is 9.97. The lowest BCUT2D eigenvalue weighted by Gasteiger charge is -2.12.